The Morgan fingerprint density at radius 1 is 1.55 bits per heavy atom. The molecule has 0 bridgehead atoms. The average molecular weight is 152 g/mol. The lowest BCUT2D eigenvalue weighted by Crippen LogP contribution is -2.29. The number of nitrogens with zero attached hydrogens (tertiary/aromatic N) is 1. The fourth-order valence-electron chi connectivity index (χ4n) is 1.27. The lowest BCUT2D eigenvalue weighted by atomic mass is 10.1. The largest absolute Gasteiger partial charge is 0.359 e. The minimum Gasteiger partial charge on any atom is -0.359 e. The lowest BCUT2D eigenvalue weighted by molar-refractivity contribution is 0.0978. The van der Waals surface area contributed by atoms with Crippen molar-refractivity contribution < 1.29 is 9.32 Å². The molecule has 4 heteroatoms. The Labute approximate surface area is 63.6 Å². The van der Waals surface area contributed by atoms with Crippen LogP contribution < -0.4 is 5.32 Å². The van der Waals surface area contributed by atoms with Gasteiger partial charge in [-0.15, -0.1) is 0 Å². The van der Waals surface area contributed by atoms with E-state index in [-0.39, 0.29) is 5.78 Å². The number of carbonyl (C=O) groups excluding carboxylic acids is 1. The maximum Gasteiger partial charge on any atom is 0.182 e. The highest BCUT2D eigenvalue weighted by Gasteiger charge is 2.23. The zero-order chi connectivity index (χ0) is 7.84. The predicted molar refractivity (Wildman–Crippen MR) is 37.3 cm³/mol. The number of hydrogen-bond donors (Lipinski definition) is 1. The molecular weight excluding hydrogens is 144 g/mol. The first-order chi connectivity index (χ1) is 5.29. The van der Waals surface area contributed by atoms with Crippen molar-refractivity contribution in [1.82, 2.24) is 10.5 Å². The normalized spacial score (nSPS) is 16.6. The van der Waals surface area contributed by atoms with Crippen LogP contribution in [0.5, 0.6) is 0 Å². The first kappa shape index (κ1) is 6.54. The van der Waals surface area contributed by atoms with Gasteiger partial charge in [-0.2, -0.15) is 0 Å². The molecule has 2 heterocycles. The number of hydrogen-bond acceptors (Lipinski definition) is 4. The quantitative estimate of drug-likeness (QED) is 0.579. The Hall–Kier alpha value is -1.16. The summed E-state index contributed by atoms with van der Waals surface area (Å²) in [6.45, 7) is 2.79. The van der Waals surface area contributed by atoms with Crippen LogP contribution in [0.2, 0.25) is 0 Å². The Bertz CT molecular complexity index is 303. The summed E-state index contributed by atoms with van der Waals surface area (Å²) in [5, 5.41) is 6.63. The van der Waals surface area contributed by atoms with E-state index in [1.807, 2.05) is 0 Å². The minimum atomic E-state index is 0.0741. The highest BCUT2D eigenvalue weighted by molar-refractivity contribution is 6.00. The summed E-state index contributed by atoms with van der Waals surface area (Å²) >= 11 is 0. The number of aryl methyl sites for hydroxylation is 1. The minimum absolute atomic E-state index is 0.0741. The van der Waals surface area contributed by atoms with Gasteiger partial charge in [0, 0.05) is 0 Å². The van der Waals surface area contributed by atoms with E-state index in [4.69, 9.17) is 4.52 Å². The molecule has 1 aliphatic rings. The van der Waals surface area contributed by atoms with Crippen molar-refractivity contribution in [2.24, 2.45) is 0 Å². The third kappa shape index (κ3) is 0.867. The molecule has 0 spiro atoms. The number of nitrogens with one attached hydrogen (secondary N) is 1. The summed E-state index contributed by atoms with van der Waals surface area (Å²) in [6.07, 6.45) is 0. The molecule has 1 N–H and O–H groups in total. The molecule has 0 atom stereocenters. The van der Waals surface area contributed by atoms with Crippen LogP contribution >= 0.6 is 0 Å². The molecule has 0 fully saturated rings. The topological polar surface area (TPSA) is 55.1 Å². The second-order valence-corrected chi connectivity index (χ2v) is 2.59. The highest BCUT2D eigenvalue weighted by Crippen LogP contribution is 2.16. The monoisotopic (exact) mass is 152 g/mol. The van der Waals surface area contributed by atoms with E-state index in [0.29, 0.717) is 30.1 Å². The summed E-state index contributed by atoms with van der Waals surface area (Å²) in [5.74, 6) is 0.740. The van der Waals surface area contributed by atoms with Crippen LogP contribution in [0, 0.1) is 6.92 Å². The fraction of sp³-hybridized carbons (Fsp3) is 0.429. The summed E-state index contributed by atoms with van der Waals surface area (Å²) in [7, 11) is 0. The van der Waals surface area contributed by atoms with Gasteiger partial charge in [-0.1, -0.05) is 5.16 Å². The maximum absolute atomic E-state index is 11.2. The molecule has 1 aromatic rings. The molecule has 0 saturated heterocycles. The summed E-state index contributed by atoms with van der Waals surface area (Å²) in [4.78, 5) is 11.2. The van der Waals surface area contributed by atoms with Gasteiger partial charge in [0.15, 0.2) is 11.5 Å². The van der Waals surface area contributed by atoms with E-state index < -0.39 is 0 Å². The van der Waals surface area contributed by atoms with Gasteiger partial charge in [0.1, 0.15) is 0 Å². The van der Waals surface area contributed by atoms with Crippen molar-refractivity contribution in [3.05, 3.63) is 17.0 Å². The standard InChI is InChI=1S/C7H8N2O2/c1-4-7-5(10)2-8-3-6(7)11-9-4/h8H,2-3H2,1H3. The van der Waals surface area contributed by atoms with Crippen molar-refractivity contribution in [2.45, 2.75) is 13.5 Å². The molecule has 1 aliphatic heterocycles. The van der Waals surface area contributed by atoms with Crippen LogP contribution in [0.4, 0.5) is 0 Å². The maximum atomic E-state index is 11.2. The molecule has 1 aromatic heterocycles. The summed E-state index contributed by atoms with van der Waals surface area (Å²) in [6, 6.07) is 0. The summed E-state index contributed by atoms with van der Waals surface area (Å²) in [5.41, 5.74) is 1.37. The van der Waals surface area contributed by atoms with E-state index in [9.17, 15) is 4.79 Å². The molecule has 0 aliphatic carbocycles. The van der Waals surface area contributed by atoms with Crippen molar-refractivity contribution >= 4 is 5.78 Å². The van der Waals surface area contributed by atoms with E-state index in [1.54, 1.807) is 6.92 Å². The molecule has 4 nitrogen and oxygen atoms in total. The molecule has 0 amide bonds. The number of carbonyl (C=O) groups is 1. The fourth-order valence-corrected chi connectivity index (χ4v) is 1.27. The Morgan fingerprint density at radius 3 is 3.09 bits per heavy atom. The van der Waals surface area contributed by atoms with Crippen molar-refractivity contribution in [3.8, 4) is 0 Å². The van der Waals surface area contributed by atoms with Gasteiger partial charge >= 0.3 is 0 Å². The average Bonchev–Trinajstić information content (AvgIpc) is 2.34. The first-order valence-electron chi connectivity index (χ1n) is 3.48. The molecule has 0 saturated carbocycles. The van der Waals surface area contributed by atoms with Gasteiger partial charge in [-0.3, -0.25) is 4.79 Å². The third-order valence-electron chi connectivity index (χ3n) is 1.78. The van der Waals surface area contributed by atoms with Crippen LogP contribution in [0.1, 0.15) is 21.8 Å². The van der Waals surface area contributed by atoms with Crippen molar-refractivity contribution in [3.63, 3.8) is 0 Å². The smallest absolute Gasteiger partial charge is 0.182 e. The Kier molecular flexibility index (Phi) is 1.29. The van der Waals surface area contributed by atoms with Crippen LogP contribution in [-0.2, 0) is 6.54 Å². The van der Waals surface area contributed by atoms with Gasteiger partial charge in [-0.05, 0) is 6.92 Å². The first-order valence-corrected chi connectivity index (χ1v) is 3.48. The lowest BCUT2D eigenvalue weighted by Gasteiger charge is -2.08. The van der Waals surface area contributed by atoms with Gasteiger partial charge < -0.3 is 9.84 Å². The Balaban J connectivity index is 2.56. The zero-order valence-electron chi connectivity index (χ0n) is 6.18. The van der Waals surface area contributed by atoms with E-state index in [2.05, 4.69) is 10.5 Å². The zero-order valence-corrected chi connectivity index (χ0v) is 6.18. The SMILES string of the molecule is Cc1noc2c1C(=O)CNC2. The molecule has 11 heavy (non-hydrogen) atoms. The molecule has 0 aromatic carbocycles. The number of fused-ring (bicyclic) bond motifs is 1. The number of aromatic nitrogens is 1. The molecule has 0 unspecified atom stereocenters. The van der Waals surface area contributed by atoms with Crippen molar-refractivity contribution in [2.75, 3.05) is 6.54 Å². The number of rotatable bonds is 0. The van der Waals surface area contributed by atoms with Crippen LogP contribution in [-0.4, -0.2) is 17.5 Å². The Morgan fingerprint density at radius 2 is 2.36 bits per heavy atom. The third-order valence-corrected chi connectivity index (χ3v) is 1.78. The van der Waals surface area contributed by atoms with Crippen molar-refractivity contribution in [1.29, 1.82) is 0 Å². The predicted octanol–water partition coefficient (Wildman–Crippen LogP) is 0.269. The molecule has 2 rings (SSSR count). The van der Waals surface area contributed by atoms with E-state index in [0.717, 1.165) is 0 Å². The second-order valence-electron chi connectivity index (χ2n) is 2.59. The number of ketones is 1. The van der Waals surface area contributed by atoms with Crippen LogP contribution in [0.25, 0.3) is 0 Å². The highest BCUT2D eigenvalue weighted by atomic mass is 16.5. The second kappa shape index (κ2) is 2.17. The molecule has 0 radical (unpaired) electrons. The van der Waals surface area contributed by atoms with Crippen LogP contribution in [0.15, 0.2) is 4.52 Å². The van der Waals surface area contributed by atoms with Gasteiger partial charge in [0.05, 0.1) is 24.3 Å². The van der Waals surface area contributed by atoms with Gasteiger partial charge in [0.25, 0.3) is 0 Å². The van der Waals surface area contributed by atoms with Gasteiger partial charge in [-0.25, -0.2) is 0 Å². The van der Waals surface area contributed by atoms with E-state index in [1.165, 1.54) is 0 Å². The van der Waals surface area contributed by atoms with E-state index >= 15 is 0 Å². The molecular formula is C7H8N2O2. The molecule has 58 valence electrons. The van der Waals surface area contributed by atoms with Crippen LogP contribution in [0.3, 0.4) is 0 Å². The summed E-state index contributed by atoms with van der Waals surface area (Å²) < 4.78 is 4.92. The number of Topliss-reactive ketones (excluding diaryl/α,β-unsaturated/α-hetero) is 1. The van der Waals surface area contributed by atoms with Gasteiger partial charge in [0.2, 0.25) is 0 Å².